The van der Waals surface area contributed by atoms with E-state index in [-0.39, 0.29) is 11.5 Å². The first-order valence-electron chi connectivity index (χ1n) is 11.1. The number of rotatable bonds is 5. The summed E-state index contributed by atoms with van der Waals surface area (Å²) < 4.78 is 0. The molecular formula is C25H25N7O2. The molecule has 0 aliphatic carbocycles. The molecule has 0 spiro atoms. The van der Waals surface area contributed by atoms with Crippen molar-refractivity contribution in [3.63, 3.8) is 0 Å². The molecule has 0 radical (unpaired) electrons. The van der Waals surface area contributed by atoms with Crippen molar-refractivity contribution in [1.29, 1.82) is 0 Å². The molecule has 9 heteroatoms. The van der Waals surface area contributed by atoms with Crippen LogP contribution in [0.2, 0.25) is 0 Å². The fraction of sp³-hybridized carbons (Fsp3) is 0.240. The van der Waals surface area contributed by atoms with Gasteiger partial charge in [-0.3, -0.25) is 9.59 Å². The second kappa shape index (κ2) is 8.26. The number of aromatic nitrogens is 2. The van der Waals surface area contributed by atoms with Crippen LogP contribution in [0, 0.1) is 0 Å². The van der Waals surface area contributed by atoms with Crippen LogP contribution in [0.15, 0.2) is 63.6 Å². The summed E-state index contributed by atoms with van der Waals surface area (Å²) in [5.74, 6) is 1.09. The van der Waals surface area contributed by atoms with Crippen LogP contribution in [0.1, 0.15) is 25.1 Å². The van der Waals surface area contributed by atoms with E-state index in [4.69, 9.17) is 4.98 Å². The Labute approximate surface area is 196 Å². The first-order chi connectivity index (χ1) is 16.4. The third-order valence-electron chi connectivity index (χ3n) is 6.18. The lowest BCUT2D eigenvalue weighted by molar-refractivity contribution is -0.125. The van der Waals surface area contributed by atoms with E-state index in [1.165, 1.54) is 0 Å². The molecule has 0 saturated heterocycles. The van der Waals surface area contributed by atoms with Gasteiger partial charge in [-0.15, -0.1) is 0 Å². The summed E-state index contributed by atoms with van der Waals surface area (Å²) in [6.45, 7) is 5.26. The number of fused-ring (bicyclic) bond motifs is 2. The Morgan fingerprint density at radius 2 is 1.97 bits per heavy atom. The molecule has 1 amide bonds. The number of allylic oxidation sites excluding steroid dienone is 1. The van der Waals surface area contributed by atoms with Crippen LogP contribution < -0.4 is 16.2 Å². The highest BCUT2D eigenvalue weighted by Gasteiger charge is 2.28. The molecule has 3 aromatic rings. The zero-order chi connectivity index (χ0) is 23.9. The van der Waals surface area contributed by atoms with Crippen molar-refractivity contribution >= 4 is 45.9 Å². The number of aliphatic imine (C=N–C) groups is 2. The SMILES string of the molecule is CNC(=O)C(C)(C)c1ccc(Nc2nc(C3=CN4CCN=C4N=C3)cc3cc[nH]c(=O)c23)cc1. The molecule has 9 nitrogen and oxygen atoms in total. The van der Waals surface area contributed by atoms with Gasteiger partial charge in [-0.2, -0.15) is 0 Å². The predicted molar refractivity (Wildman–Crippen MR) is 135 cm³/mol. The number of amides is 1. The third kappa shape index (κ3) is 3.75. The Morgan fingerprint density at radius 1 is 1.18 bits per heavy atom. The van der Waals surface area contributed by atoms with Gasteiger partial charge in [0.05, 0.1) is 23.0 Å². The van der Waals surface area contributed by atoms with Crippen LogP contribution in [0.4, 0.5) is 11.5 Å². The zero-order valence-electron chi connectivity index (χ0n) is 19.2. The van der Waals surface area contributed by atoms with Gasteiger partial charge in [0.25, 0.3) is 5.56 Å². The van der Waals surface area contributed by atoms with E-state index in [2.05, 4.69) is 25.6 Å². The molecule has 0 fully saturated rings. The average Bonchev–Trinajstić information content (AvgIpc) is 3.31. The Morgan fingerprint density at radius 3 is 2.74 bits per heavy atom. The van der Waals surface area contributed by atoms with E-state index in [9.17, 15) is 9.59 Å². The number of nitrogens with zero attached hydrogens (tertiary/aromatic N) is 4. The van der Waals surface area contributed by atoms with Gasteiger partial charge in [-0.25, -0.2) is 15.0 Å². The van der Waals surface area contributed by atoms with E-state index in [0.29, 0.717) is 22.9 Å². The van der Waals surface area contributed by atoms with E-state index < -0.39 is 5.41 Å². The zero-order valence-corrected chi connectivity index (χ0v) is 19.2. The number of carbonyl (C=O) groups is 1. The maximum atomic E-state index is 12.7. The molecule has 0 unspecified atom stereocenters. The maximum Gasteiger partial charge on any atom is 0.259 e. The van der Waals surface area contributed by atoms with Crippen molar-refractivity contribution in [3.8, 4) is 0 Å². The number of hydrogen-bond donors (Lipinski definition) is 3. The molecule has 2 aliphatic heterocycles. The number of anilines is 2. The van der Waals surface area contributed by atoms with Gasteiger partial charge in [0, 0.05) is 43.5 Å². The van der Waals surface area contributed by atoms with Crippen LogP contribution in [0.5, 0.6) is 0 Å². The molecular weight excluding hydrogens is 430 g/mol. The summed E-state index contributed by atoms with van der Waals surface area (Å²) in [5.41, 5.74) is 2.29. The van der Waals surface area contributed by atoms with Crippen LogP contribution in [-0.4, -0.2) is 53.1 Å². The number of carbonyl (C=O) groups excluding carboxylic acids is 1. The van der Waals surface area contributed by atoms with Gasteiger partial charge < -0.3 is 20.5 Å². The highest BCUT2D eigenvalue weighted by atomic mass is 16.2. The molecule has 1 aromatic carbocycles. The quantitative estimate of drug-likeness (QED) is 0.547. The summed E-state index contributed by atoms with van der Waals surface area (Å²) in [6, 6.07) is 11.3. The first-order valence-corrected chi connectivity index (χ1v) is 11.1. The van der Waals surface area contributed by atoms with E-state index >= 15 is 0 Å². The van der Waals surface area contributed by atoms with Crippen molar-refractivity contribution < 1.29 is 4.79 Å². The van der Waals surface area contributed by atoms with Crippen molar-refractivity contribution in [2.24, 2.45) is 9.98 Å². The smallest absolute Gasteiger partial charge is 0.259 e. The van der Waals surface area contributed by atoms with Crippen LogP contribution in [-0.2, 0) is 10.2 Å². The summed E-state index contributed by atoms with van der Waals surface area (Å²) in [6.07, 6.45) is 5.36. The summed E-state index contributed by atoms with van der Waals surface area (Å²) >= 11 is 0. The number of benzene rings is 1. The number of H-pyrrole nitrogens is 1. The molecule has 0 atom stereocenters. The lowest BCUT2D eigenvalue weighted by Crippen LogP contribution is -2.37. The van der Waals surface area contributed by atoms with Crippen molar-refractivity contribution in [2.45, 2.75) is 19.3 Å². The summed E-state index contributed by atoms with van der Waals surface area (Å²) in [5, 5.41) is 7.24. The van der Waals surface area contributed by atoms with E-state index in [1.807, 2.05) is 61.3 Å². The second-order valence-corrected chi connectivity index (χ2v) is 8.75. The third-order valence-corrected chi connectivity index (χ3v) is 6.18. The molecule has 5 rings (SSSR count). The fourth-order valence-corrected chi connectivity index (χ4v) is 4.15. The molecule has 4 heterocycles. The van der Waals surface area contributed by atoms with Gasteiger partial charge in [-0.1, -0.05) is 12.1 Å². The first kappa shape index (κ1) is 21.6. The number of likely N-dealkylation sites (N-methyl/N-ethyl adjacent to an activating group) is 1. The van der Waals surface area contributed by atoms with E-state index in [0.717, 1.165) is 35.3 Å². The summed E-state index contributed by atoms with van der Waals surface area (Å²) in [7, 11) is 1.63. The van der Waals surface area contributed by atoms with Crippen molar-refractivity contribution in [1.82, 2.24) is 20.2 Å². The molecule has 34 heavy (non-hydrogen) atoms. The average molecular weight is 456 g/mol. The highest BCUT2D eigenvalue weighted by Crippen LogP contribution is 2.29. The van der Waals surface area contributed by atoms with Crippen LogP contribution >= 0.6 is 0 Å². The Bertz CT molecular complexity index is 1430. The second-order valence-electron chi connectivity index (χ2n) is 8.75. The lowest BCUT2D eigenvalue weighted by atomic mass is 9.83. The molecule has 172 valence electrons. The fourth-order valence-electron chi connectivity index (χ4n) is 4.15. The molecule has 2 aromatic heterocycles. The van der Waals surface area contributed by atoms with Crippen molar-refractivity contribution in [2.75, 3.05) is 25.5 Å². The van der Waals surface area contributed by atoms with Gasteiger partial charge in [0.2, 0.25) is 11.9 Å². The maximum absolute atomic E-state index is 12.7. The Hall–Kier alpha value is -4.27. The molecule has 3 N–H and O–H groups in total. The standard InChI is InChI=1S/C25H25N7O2/c1-25(2,23(34)26-3)17-4-6-18(7-5-17)30-21-20-15(8-9-27-22(20)33)12-19(31-21)16-13-29-24-28-10-11-32(24)14-16/h4-9,12-14H,10-11H2,1-3H3,(H,26,34)(H,27,33)(H,30,31). The van der Waals surface area contributed by atoms with Crippen LogP contribution in [0.25, 0.3) is 16.3 Å². The largest absolute Gasteiger partial charge is 0.358 e. The monoisotopic (exact) mass is 455 g/mol. The topological polar surface area (TPSA) is 115 Å². The highest BCUT2D eigenvalue weighted by molar-refractivity contribution is 6.16. The Kier molecular flexibility index (Phi) is 5.24. The minimum absolute atomic E-state index is 0.0614. The van der Waals surface area contributed by atoms with Gasteiger partial charge in [-0.05, 0) is 49.1 Å². The minimum atomic E-state index is -0.667. The van der Waals surface area contributed by atoms with E-state index in [1.54, 1.807) is 19.5 Å². The van der Waals surface area contributed by atoms with Crippen LogP contribution in [0.3, 0.4) is 0 Å². The molecule has 0 saturated carbocycles. The lowest BCUT2D eigenvalue weighted by Gasteiger charge is -2.23. The van der Waals surface area contributed by atoms with Gasteiger partial charge >= 0.3 is 0 Å². The number of hydrogen-bond acceptors (Lipinski definition) is 7. The number of aromatic amines is 1. The Balaban J connectivity index is 1.53. The molecule has 0 bridgehead atoms. The summed E-state index contributed by atoms with van der Waals surface area (Å²) in [4.78, 5) is 43.2. The van der Waals surface area contributed by atoms with Gasteiger partial charge in [0.15, 0.2) is 0 Å². The normalized spacial score (nSPS) is 15.1. The van der Waals surface area contributed by atoms with Crippen molar-refractivity contribution in [3.05, 3.63) is 70.4 Å². The van der Waals surface area contributed by atoms with Gasteiger partial charge in [0.1, 0.15) is 5.82 Å². The minimum Gasteiger partial charge on any atom is -0.358 e. The number of nitrogens with one attached hydrogen (secondary N) is 3. The molecule has 2 aliphatic rings. The predicted octanol–water partition coefficient (Wildman–Crippen LogP) is 2.79. The number of pyridine rings is 2. The number of guanidine groups is 1.